The second-order valence-corrected chi connectivity index (χ2v) is 17.3. The highest BCUT2D eigenvalue weighted by Gasteiger charge is 2.40. The summed E-state index contributed by atoms with van der Waals surface area (Å²) in [6, 6.07) is 20.0. The number of methoxy groups -OCH3 is 8. The van der Waals surface area contributed by atoms with Gasteiger partial charge in [0, 0.05) is 57.6 Å². The monoisotopic (exact) mass is 754 g/mol. The van der Waals surface area contributed by atoms with Crippen LogP contribution >= 0.6 is 14.6 Å². The fourth-order valence-corrected chi connectivity index (χ4v) is 11.6. The summed E-state index contributed by atoms with van der Waals surface area (Å²) in [4.78, 5) is 0. The molecule has 4 aromatic rings. The van der Waals surface area contributed by atoms with Crippen LogP contribution in [0.5, 0.6) is 46.0 Å². The van der Waals surface area contributed by atoms with Crippen molar-refractivity contribution in [2.45, 2.75) is 37.8 Å². The van der Waals surface area contributed by atoms with Crippen LogP contribution in [0.4, 0.5) is 0 Å². The van der Waals surface area contributed by atoms with Gasteiger partial charge >= 0.3 is 0 Å². The van der Waals surface area contributed by atoms with E-state index in [0.29, 0.717) is 80.1 Å². The van der Waals surface area contributed by atoms with Gasteiger partial charge in [0.05, 0.1) is 56.9 Å². The van der Waals surface area contributed by atoms with E-state index in [-0.39, 0.29) is 0 Å². The molecule has 12 nitrogen and oxygen atoms in total. The van der Waals surface area contributed by atoms with Gasteiger partial charge in [-0.3, -0.25) is 19.3 Å². The largest absolute Gasteiger partial charge is 0.497 e. The summed E-state index contributed by atoms with van der Waals surface area (Å²) in [5.74, 6) is 3.84. The summed E-state index contributed by atoms with van der Waals surface area (Å²) in [6.45, 7) is 0. The van der Waals surface area contributed by atoms with Crippen molar-refractivity contribution in [1.82, 2.24) is 10.2 Å². The van der Waals surface area contributed by atoms with Gasteiger partial charge < -0.3 is 37.9 Å². The zero-order valence-electron chi connectivity index (χ0n) is 30.9. The molecule has 1 fully saturated rings. The molecular formula is C38H48N2O10P2. The molecule has 2 atom stereocenters. The van der Waals surface area contributed by atoms with Crippen molar-refractivity contribution in [2.24, 2.45) is 0 Å². The smallest absolute Gasteiger partial charge is 0.205 e. The molecule has 0 amide bonds. The Labute approximate surface area is 305 Å². The highest BCUT2D eigenvalue weighted by Crippen LogP contribution is 2.48. The summed E-state index contributed by atoms with van der Waals surface area (Å²) < 4.78 is 76.5. The van der Waals surface area contributed by atoms with Crippen LogP contribution in [0, 0.1) is 0 Å². The normalized spacial score (nSPS) is 16.1. The van der Waals surface area contributed by atoms with E-state index in [1.165, 1.54) is 0 Å². The van der Waals surface area contributed by atoms with Crippen LogP contribution in [0.2, 0.25) is 0 Å². The number of hydrogen-bond donors (Lipinski definition) is 2. The number of benzene rings is 4. The topological polar surface area (TPSA) is 132 Å². The van der Waals surface area contributed by atoms with Crippen LogP contribution in [0.1, 0.15) is 25.7 Å². The molecule has 1 aliphatic rings. The van der Waals surface area contributed by atoms with Crippen molar-refractivity contribution >= 4 is 35.8 Å². The quantitative estimate of drug-likeness (QED) is 0.142. The molecule has 52 heavy (non-hydrogen) atoms. The summed E-state index contributed by atoms with van der Waals surface area (Å²) in [6.07, 6.45) is 3.02. The third-order valence-corrected chi connectivity index (χ3v) is 14.6. The van der Waals surface area contributed by atoms with Crippen molar-refractivity contribution in [3.8, 4) is 46.0 Å². The van der Waals surface area contributed by atoms with Gasteiger partial charge in [0.15, 0.2) is 0 Å². The fourth-order valence-electron chi connectivity index (χ4n) is 6.40. The van der Waals surface area contributed by atoms with Crippen LogP contribution in [0.3, 0.4) is 0 Å². The first-order chi connectivity index (χ1) is 25.0. The number of nitrogens with one attached hydrogen (secondary N) is 2. The Morgan fingerprint density at radius 3 is 0.750 bits per heavy atom. The first-order valence-electron chi connectivity index (χ1n) is 16.8. The van der Waals surface area contributed by atoms with E-state index in [1.807, 2.05) is 0 Å². The van der Waals surface area contributed by atoms with Gasteiger partial charge in [-0.2, -0.15) is 0 Å². The zero-order chi connectivity index (χ0) is 37.5. The van der Waals surface area contributed by atoms with Crippen LogP contribution in [-0.4, -0.2) is 69.0 Å². The molecule has 0 spiro atoms. The third kappa shape index (κ3) is 8.31. The Hall–Kier alpha value is -4.34. The molecule has 5 rings (SSSR count). The zero-order valence-corrected chi connectivity index (χ0v) is 32.7. The SMILES string of the molecule is COc1cc(OC)cc(P(=O)(N[C@@H]2CCCC[C@H]2NP(=O)(c2cc(OC)cc(OC)c2)c2cc(OC)cc(OC)c2)c2cc(OC)cc(OC)c2)c1. The molecule has 0 bridgehead atoms. The maximum absolute atomic E-state index is 15.8. The lowest BCUT2D eigenvalue weighted by atomic mass is 9.92. The molecule has 0 unspecified atom stereocenters. The van der Waals surface area contributed by atoms with Crippen molar-refractivity contribution < 1.29 is 47.0 Å². The summed E-state index contributed by atoms with van der Waals surface area (Å²) >= 11 is 0. The van der Waals surface area contributed by atoms with Crippen LogP contribution in [0.25, 0.3) is 0 Å². The van der Waals surface area contributed by atoms with Gasteiger partial charge in [0.1, 0.15) is 46.0 Å². The molecule has 4 aromatic carbocycles. The molecule has 0 aliphatic heterocycles. The minimum atomic E-state index is -3.73. The first-order valence-corrected chi connectivity index (χ1v) is 20.2. The highest BCUT2D eigenvalue weighted by atomic mass is 31.2. The van der Waals surface area contributed by atoms with E-state index in [9.17, 15) is 0 Å². The molecule has 1 aliphatic carbocycles. The molecule has 1 saturated carbocycles. The maximum atomic E-state index is 15.8. The molecule has 280 valence electrons. The van der Waals surface area contributed by atoms with Gasteiger partial charge in [0.25, 0.3) is 0 Å². The summed E-state index contributed by atoms with van der Waals surface area (Å²) in [5.41, 5.74) is 0. The van der Waals surface area contributed by atoms with Gasteiger partial charge in [0.2, 0.25) is 14.6 Å². The molecule has 0 aromatic heterocycles. The lowest BCUT2D eigenvalue weighted by Crippen LogP contribution is -2.51. The van der Waals surface area contributed by atoms with Gasteiger partial charge in [-0.1, -0.05) is 12.8 Å². The van der Waals surface area contributed by atoms with Crippen LogP contribution in [-0.2, 0) is 9.13 Å². The van der Waals surface area contributed by atoms with E-state index in [0.717, 1.165) is 12.8 Å². The van der Waals surface area contributed by atoms with E-state index >= 15 is 9.13 Å². The summed E-state index contributed by atoms with van der Waals surface area (Å²) in [5, 5.41) is 9.01. The Balaban J connectivity index is 1.68. The molecule has 0 heterocycles. The van der Waals surface area contributed by atoms with Crippen LogP contribution < -0.4 is 69.3 Å². The number of rotatable bonds is 16. The third-order valence-electron chi connectivity index (χ3n) is 9.26. The Morgan fingerprint density at radius 2 is 0.577 bits per heavy atom. The second kappa shape index (κ2) is 17.0. The molecule has 14 heteroatoms. The minimum Gasteiger partial charge on any atom is -0.497 e. The predicted octanol–water partition coefficient (Wildman–Crippen LogP) is 5.40. The predicted molar refractivity (Wildman–Crippen MR) is 204 cm³/mol. The van der Waals surface area contributed by atoms with E-state index in [1.54, 1.807) is 130 Å². The second-order valence-electron chi connectivity index (χ2n) is 12.3. The molecule has 0 saturated heterocycles. The average molecular weight is 755 g/mol. The fraction of sp³-hybridized carbons (Fsp3) is 0.368. The van der Waals surface area contributed by atoms with Crippen molar-refractivity contribution in [3.63, 3.8) is 0 Å². The lowest BCUT2D eigenvalue weighted by Gasteiger charge is -2.38. The first kappa shape index (κ1) is 38.9. The Kier molecular flexibility index (Phi) is 12.7. The molecule has 2 N–H and O–H groups in total. The highest BCUT2D eigenvalue weighted by molar-refractivity contribution is 7.77. The number of ether oxygens (including phenoxy) is 8. The molecule has 0 radical (unpaired) electrons. The summed E-state index contributed by atoms with van der Waals surface area (Å²) in [7, 11) is 4.91. The minimum absolute atomic E-state index is 0.415. The van der Waals surface area contributed by atoms with Crippen molar-refractivity contribution in [3.05, 3.63) is 72.8 Å². The maximum Gasteiger partial charge on any atom is 0.205 e. The van der Waals surface area contributed by atoms with E-state index < -0.39 is 26.7 Å². The van der Waals surface area contributed by atoms with E-state index in [4.69, 9.17) is 37.9 Å². The number of hydrogen-bond acceptors (Lipinski definition) is 10. The molecular weight excluding hydrogens is 706 g/mol. The van der Waals surface area contributed by atoms with Crippen molar-refractivity contribution in [1.29, 1.82) is 0 Å². The van der Waals surface area contributed by atoms with E-state index in [2.05, 4.69) is 10.2 Å². The Bertz CT molecular complexity index is 1610. The van der Waals surface area contributed by atoms with Crippen molar-refractivity contribution in [2.75, 3.05) is 56.9 Å². The van der Waals surface area contributed by atoms with Gasteiger partial charge in [-0.15, -0.1) is 0 Å². The standard InChI is InChI=1S/C38H48N2O10P2/c1-43-25-13-26(44-2)18-33(17-25)51(41,34-19-27(45-3)14-28(20-34)46-4)39-37-11-9-10-12-38(37)40-52(42,35-21-29(47-5)15-30(22-35)48-6)36-23-31(49-7)16-32(24-36)50-8/h13-24,37-38H,9-12H2,1-8H3,(H,39,41)(H,40,42)/t37-,38-/m1/s1. The van der Waals surface area contributed by atoms with Gasteiger partial charge in [-0.25, -0.2) is 0 Å². The van der Waals surface area contributed by atoms with Crippen LogP contribution in [0.15, 0.2) is 72.8 Å². The van der Waals surface area contributed by atoms with Gasteiger partial charge in [-0.05, 0) is 61.4 Å². The Morgan fingerprint density at radius 1 is 0.385 bits per heavy atom. The average Bonchev–Trinajstić information content (AvgIpc) is 3.20. The lowest BCUT2D eigenvalue weighted by molar-refractivity contribution is 0.342.